The summed E-state index contributed by atoms with van der Waals surface area (Å²) < 4.78 is 18.1. The molecule has 3 rings (SSSR count). The molecule has 2 aromatic carbocycles. The Morgan fingerprint density at radius 3 is 2.76 bits per heavy atom. The molecule has 0 unspecified atom stereocenters. The van der Waals surface area contributed by atoms with Gasteiger partial charge >= 0.3 is 0 Å². The van der Waals surface area contributed by atoms with E-state index in [1.165, 1.54) is 12.1 Å². The first-order valence-corrected chi connectivity index (χ1v) is 6.56. The van der Waals surface area contributed by atoms with Gasteiger partial charge in [-0.15, -0.1) is 0 Å². The molecule has 0 radical (unpaired) electrons. The molecule has 0 bridgehead atoms. The maximum atomic E-state index is 13.0. The first kappa shape index (κ1) is 13.6. The number of hydrogen-bond acceptors (Lipinski definition) is 4. The van der Waals surface area contributed by atoms with Crippen LogP contribution in [-0.2, 0) is 6.42 Å². The minimum atomic E-state index is -0.535. The summed E-state index contributed by atoms with van der Waals surface area (Å²) in [5.41, 5.74) is 1.16. The number of hydrogen-bond donors (Lipinski definition) is 1. The Balaban J connectivity index is 1.88. The van der Waals surface area contributed by atoms with E-state index in [2.05, 4.69) is 10.1 Å². The number of rotatable bonds is 3. The second-order valence-corrected chi connectivity index (χ2v) is 4.85. The van der Waals surface area contributed by atoms with Crippen LogP contribution < -0.4 is 0 Å². The van der Waals surface area contributed by atoms with Crippen LogP contribution in [0.1, 0.15) is 11.4 Å². The van der Waals surface area contributed by atoms with E-state index in [1.807, 2.05) is 18.2 Å². The van der Waals surface area contributed by atoms with E-state index in [9.17, 15) is 9.50 Å². The van der Waals surface area contributed by atoms with E-state index in [0.717, 1.165) is 11.6 Å². The molecule has 0 fully saturated rings. The molecule has 1 N–H and O–H groups in total. The van der Waals surface area contributed by atoms with Gasteiger partial charge in [-0.3, -0.25) is 0 Å². The van der Waals surface area contributed by atoms with Crippen molar-refractivity contribution in [2.75, 3.05) is 0 Å². The molecule has 3 aromatic rings. The Morgan fingerprint density at radius 2 is 2.00 bits per heavy atom. The minimum Gasteiger partial charge on any atom is -0.507 e. The summed E-state index contributed by atoms with van der Waals surface area (Å²) >= 11 is 6.07. The maximum absolute atomic E-state index is 13.0. The lowest BCUT2D eigenvalue weighted by Crippen LogP contribution is -1.91. The van der Waals surface area contributed by atoms with Crippen molar-refractivity contribution in [2.24, 2.45) is 0 Å². The van der Waals surface area contributed by atoms with E-state index < -0.39 is 5.82 Å². The molecular formula is C15H10ClFN2O2. The number of halogens is 2. The van der Waals surface area contributed by atoms with Gasteiger partial charge in [-0.05, 0) is 23.8 Å². The summed E-state index contributed by atoms with van der Waals surface area (Å²) in [6.07, 6.45) is 0.408. The van der Waals surface area contributed by atoms with Crippen LogP contribution in [0.15, 0.2) is 47.0 Å². The average Bonchev–Trinajstić information content (AvgIpc) is 2.90. The number of phenols is 1. The van der Waals surface area contributed by atoms with Crippen molar-refractivity contribution in [3.8, 4) is 17.2 Å². The molecule has 0 saturated carbocycles. The Labute approximate surface area is 124 Å². The van der Waals surface area contributed by atoms with Crippen molar-refractivity contribution in [3.05, 3.63) is 64.7 Å². The number of benzene rings is 2. The summed E-state index contributed by atoms with van der Waals surface area (Å²) in [4.78, 5) is 4.19. The van der Waals surface area contributed by atoms with Crippen molar-refractivity contribution in [3.63, 3.8) is 0 Å². The zero-order valence-electron chi connectivity index (χ0n) is 10.8. The van der Waals surface area contributed by atoms with Crippen LogP contribution in [0, 0.1) is 5.82 Å². The van der Waals surface area contributed by atoms with Crippen molar-refractivity contribution in [1.29, 1.82) is 0 Å². The van der Waals surface area contributed by atoms with Gasteiger partial charge in [-0.1, -0.05) is 35.0 Å². The maximum Gasteiger partial charge on any atom is 0.261 e. The van der Waals surface area contributed by atoms with Crippen molar-refractivity contribution < 1.29 is 14.0 Å². The van der Waals surface area contributed by atoms with Gasteiger partial charge in [0.05, 0.1) is 5.56 Å². The van der Waals surface area contributed by atoms with E-state index in [4.69, 9.17) is 16.1 Å². The normalized spacial score (nSPS) is 10.8. The van der Waals surface area contributed by atoms with E-state index in [1.54, 1.807) is 6.07 Å². The molecule has 106 valence electrons. The average molecular weight is 305 g/mol. The third kappa shape index (κ3) is 2.87. The molecule has 0 aliphatic carbocycles. The molecule has 0 amide bonds. The predicted octanol–water partition coefficient (Wildman–Crippen LogP) is 3.83. The fourth-order valence-corrected chi connectivity index (χ4v) is 2.14. The number of aromatic hydroxyl groups is 1. The van der Waals surface area contributed by atoms with Crippen LogP contribution in [-0.4, -0.2) is 15.2 Å². The Bertz CT molecular complexity index is 789. The Morgan fingerprint density at radius 1 is 1.19 bits per heavy atom. The Hall–Kier alpha value is -2.40. The van der Waals surface area contributed by atoms with Gasteiger partial charge in [-0.25, -0.2) is 4.39 Å². The summed E-state index contributed by atoms with van der Waals surface area (Å²) in [7, 11) is 0. The van der Waals surface area contributed by atoms with Gasteiger partial charge in [0, 0.05) is 17.5 Å². The molecule has 21 heavy (non-hydrogen) atoms. The van der Waals surface area contributed by atoms with Crippen molar-refractivity contribution >= 4 is 11.6 Å². The van der Waals surface area contributed by atoms with E-state index in [-0.39, 0.29) is 17.2 Å². The molecule has 4 nitrogen and oxygen atoms in total. The van der Waals surface area contributed by atoms with Gasteiger partial charge in [-0.2, -0.15) is 4.98 Å². The van der Waals surface area contributed by atoms with E-state index in [0.29, 0.717) is 17.3 Å². The predicted molar refractivity (Wildman–Crippen MR) is 75.6 cm³/mol. The second-order valence-electron chi connectivity index (χ2n) is 4.45. The van der Waals surface area contributed by atoms with Crippen LogP contribution in [0.25, 0.3) is 11.5 Å². The molecule has 0 aliphatic heterocycles. The number of nitrogens with zero attached hydrogens (tertiary/aromatic N) is 2. The van der Waals surface area contributed by atoms with E-state index >= 15 is 0 Å². The number of aromatic nitrogens is 2. The highest BCUT2D eigenvalue weighted by atomic mass is 35.5. The summed E-state index contributed by atoms with van der Waals surface area (Å²) in [5, 5.41) is 14.2. The second kappa shape index (κ2) is 5.54. The van der Waals surface area contributed by atoms with Gasteiger partial charge in [0.15, 0.2) is 5.82 Å². The van der Waals surface area contributed by atoms with Gasteiger partial charge in [0.2, 0.25) is 0 Å². The van der Waals surface area contributed by atoms with Gasteiger partial charge in [0.1, 0.15) is 11.6 Å². The van der Waals surface area contributed by atoms with Gasteiger partial charge in [0.25, 0.3) is 5.89 Å². The van der Waals surface area contributed by atoms with Crippen LogP contribution >= 0.6 is 11.6 Å². The highest BCUT2D eigenvalue weighted by molar-refractivity contribution is 6.31. The molecule has 1 heterocycles. The molecule has 1 aromatic heterocycles. The first-order valence-electron chi connectivity index (χ1n) is 6.18. The zero-order valence-corrected chi connectivity index (χ0v) is 11.5. The monoisotopic (exact) mass is 304 g/mol. The fourth-order valence-electron chi connectivity index (χ4n) is 1.93. The van der Waals surface area contributed by atoms with Crippen molar-refractivity contribution in [2.45, 2.75) is 6.42 Å². The lowest BCUT2D eigenvalue weighted by atomic mass is 10.1. The SMILES string of the molecule is Oc1cc(F)ccc1-c1nc(Cc2ccccc2Cl)no1. The van der Waals surface area contributed by atoms with Gasteiger partial charge < -0.3 is 9.63 Å². The molecular weight excluding hydrogens is 295 g/mol. The topological polar surface area (TPSA) is 59.2 Å². The molecule has 0 aliphatic rings. The molecule has 0 saturated heterocycles. The number of phenolic OH excluding ortho intramolecular Hbond substituents is 1. The summed E-state index contributed by atoms with van der Waals surface area (Å²) in [5.74, 6) is -0.216. The minimum absolute atomic E-state index is 0.134. The lowest BCUT2D eigenvalue weighted by Gasteiger charge is -1.99. The first-order chi connectivity index (χ1) is 10.1. The van der Waals surface area contributed by atoms with Crippen LogP contribution in [0.5, 0.6) is 5.75 Å². The smallest absolute Gasteiger partial charge is 0.261 e. The zero-order chi connectivity index (χ0) is 14.8. The molecule has 6 heteroatoms. The fraction of sp³-hybridized carbons (Fsp3) is 0.0667. The van der Waals surface area contributed by atoms with Crippen LogP contribution in [0.2, 0.25) is 5.02 Å². The van der Waals surface area contributed by atoms with Crippen molar-refractivity contribution in [1.82, 2.24) is 10.1 Å². The highest BCUT2D eigenvalue weighted by Gasteiger charge is 2.14. The standard InChI is InChI=1S/C15H10ClFN2O2/c16-12-4-2-1-3-9(12)7-14-18-15(21-19-14)11-6-5-10(17)8-13(11)20/h1-6,8,20H,7H2. The largest absolute Gasteiger partial charge is 0.507 e. The third-order valence-corrected chi connectivity index (χ3v) is 3.33. The Kier molecular flexibility index (Phi) is 3.58. The third-order valence-electron chi connectivity index (χ3n) is 2.96. The lowest BCUT2D eigenvalue weighted by molar-refractivity contribution is 0.418. The summed E-state index contributed by atoms with van der Waals surface area (Å²) in [6.45, 7) is 0. The quantitative estimate of drug-likeness (QED) is 0.799. The molecule has 0 atom stereocenters. The summed E-state index contributed by atoms with van der Waals surface area (Å²) in [6, 6.07) is 11.0. The highest BCUT2D eigenvalue weighted by Crippen LogP contribution is 2.28. The van der Waals surface area contributed by atoms with Crippen LogP contribution in [0.4, 0.5) is 4.39 Å². The molecule has 0 spiro atoms. The van der Waals surface area contributed by atoms with Crippen LogP contribution in [0.3, 0.4) is 0 Å².